The van der Waals surface area contributed by atoms with Gasteiger partial charge in [-0.1, -0.05) is 6.42 Å². The lowest BCUT2D eigenvalue weighted by atomic mass is 9.88. The van der Waals surface area contributed by atoms with Crippen LogP contribution in [-0.4, -0.2) is 61.2 Å². The van der Waals surface area contributed by atoms with E-state index in [0.717, 1.165) is 5.92 Å². The SMILES string of the molecule is CC1(CN2CCC(CN3CCCC3)CC2)CCCCN1. The van der Waals surface area contributed by atoms with E-state index < -0.39 is 0 Å². The molecule has 3 aliphatic heterocycles. The van der Waals surface area contributed by atoms with Crippen LogP contribution in [0.15, 0.2) is 0 Å². The molecule has 0 aromatic carbocycles. The van der Waals surface area contributed by atoms with E-state index in [2.05, 4.69) is 22.0 Å². The van der Waals surface area contributed by atoms with E-state index in [1.165, 1.54) is 90.8 Å². The molecule has 1 atom stereocenters. The van der Waals surface area contributed by atoms with Gasteiger partial charge >= 0.3 is 0 Å². The molecule has 0 aliphatic carbocycles. The second kappa shape index (κ2) is 6.76. The summed E-state index contributed by atoms with van der Waals surface area (Å²) in [5, 5.41) is 3.76. The number of nitrogens with zero attached hydrogens (tertiary/aromatic N) is 2. The summed E-state index contributed by atoms with van der Waals surface area (Å²) < 4.78 is 0. The highest BCUT2D eigenvalue weighted by atomic mass is 15.2. The molecule has 0 amide bonds. The summed E-state index contributed by atoms with van der Waals surface area (Å²) >= 11 is 0. The Hall–Kier alpha value is -0.120. The minimum atomic E-state index is 0.389. The van der Waals surface area contributed by atoms with E-state index in [9.17, 15) is 0 Å². The maximum Gasteiger partial charge on any atom is 0.0280 e. The van der Waals surface area contributed by atoms with Crippen molar-refractivity contribution in [2.75, 3.05) is 45.8 Å². The largest absolute Gasteiger partial charge is 0.310 e. The van der Waals surface area contributed by atoms with Crippen LogP contribution in [0.5, 0.6) is 0 Å². The van der Waals surface area contributed by atoms with Gasteiger partial charge in [0.05, 0.1) is 0 Å². The van der Waals surface area contributed by atoms with Gasteiger partial charge in [-0.2, -0.15) is 0 Å². The van der Waals surface area contributed by atoms with Crippen LogP contribution in [0.3, 0.4) is 0 Å². The van der Waals surface area contributed by atoms with E-state index in [4.69, 9.17) is 0 Å². The third-order valence-electron chi connectivity index (χ3n) is 5.70. The maximum atomic E-state index is 3.76. The quantitative estimate of drug-likeness (QED) is 0.852. The van der Waals surface area contributed by atoms with Crippen LogP contribution in [0.4, 0.5) is 0 Å². The monoisotopic (exact) mass is 279 g/mol. The molecular formula is C17H33N3. The molecule has 3 nitrogen and oxygen atoms in total. The molecule has 3 rings (SSSR count). The summed E-state index contributed by atoms with van der Waals surface area (Å²) in [6.45, 7) is 11.7. The highest BCUT2D eigenvalue weighted by Gasteiger charge is 2.30. The lowest BCUT2D eigenvalue weighted by Crippen LogP contribution is -2.55. The van der Waals surface area contributed by atoms with Gasteiger partial charge in [0.1, 0.15) is 0 Å². The van der Waals surface area contributed by atoms with E-state index in [1.807, 2.05) is 0 Å². The molecule has 3 saturated heterocycles. The first-order chi connectivity index (χ1) is 9.73. The number of hydrogen-bond acceptors (Lipinski definition) is 3. The molecular weight excluding hydrogens is 246 g/mol. The second-order valence-electron chi connectivity index (χ2n) is 7.67. The Labute approximate surface area is 125 Å². The first-order valence-corrected chi connectivity index (χ1v) is 8.93. The Balaban J connectivity index is 1.39. The van der Waals surface area contributed by atoms with Gasteiger partial charge in [-0.15, -0.1) is 0 Å². The fourth-order valence-electron chi connectivity index (χ4n) is 4.40. The normalized spacial score (nSPS) is 34.6. The average Bonchev–Trinajstić information content (AvgIpc) is 2.94. The summed E-state index contributed by atoms with van der Waals surface area (Å²) in [4.78, 5) is 5.42. The molecule has 0 saturated carbocycles. The molecule has 0 spiro atoms. The van der Waals surface area contributed by atoms with Crippen LogP contribution in [0.1, 0.15) is 51.9 Å². The molecule has 116 valence electrons. The second-order valence-corrected chi connectivity index (χ2v) is 7.67. The zero-order valence-electron chi connectivity index (χ0n) is 13.4. The number of likely N-dealkylation sites (tertiary alicyclic amines) is 2. The smallest absolute Gasteiger partial charge is 0.0280 e. The van der Waals surface area contributed by atoms with Gasteiger partial charge in [-0.25, -0.2) is 0 Å². The fourth-order valence-corrected chi connectivity index (χ4v) is 4.40. The van der Waals surface area contributed by atoms with Crippen molar-refractivity contribution in [1.82, 2.24) is 15.1 Å². The molecule has 3 heteroatoms. The van der Waals surface area contributed by atoms with Gasteiger partial charge in [0, 0.05) is 18.6 Å². The summed E-state index contributed by atoms with van der Waals surface area (Å²) in [5.74, 6) is 0.969. The van der Waals surface area contributed by atoms with Crippen molar-refractivity contribution in [3.05, 3.63) is 0 Å². The highest BCUT2D eigenvalue weighted by molar-refractivity contribution is 4.90. The van der Waals surface area contributed by atoms with Crippen LogP contribution >= 0.6 is 0 Å². The van der Waals surface area contributed by atoms with E-state index >= 15 is 0 Å². The molecule has 3 heterocycles. The Morgan fingerprint density at radius 2 is 1.70 bits per heavy atom. The summed E-state index contributed by atoms with van der Waals surface area (Å²) in [6.07, 6.45) is 9.86. The number of piperidine rings is 2. The first-order valence-electron chi connectivity index (χ1n) is 8.93. The highest BCUT2D eigenvalue weighted by Crippen LogP contribution is 2.24. The topological polar surface area (TPSA) is 18.5 Å². The average molecular weight is 279 g/mol. The standard InChI is InChI=1S/C17H33N3/c1-17(8-2-3-9-18-17)15-20-12-6-16(7-13-20)14-19-10-4-5-11-19/h16,18H,2-15H2,1H3. The maximum absolute atomic E-state index is 3.76. The van der Waals surface area contributed by atoms with Crippen molar-refractivity contribution < 1.29 is 0 Å². The molecule has 0 aromatic rings. The third kappa shape index (κ3) is 3.96. The van der Waals surface area contributed by atoms with Gasteiger partial charge in [-0.3, -0.25) is 0 Å². The Morgan fingerprint density at radius 1 is 0.950 bits per heavy atom. The zero-order valence-corrected chi connectivity index (χ0v) is 13.4. The van der Waals surface area contributed by atoms with Crippen molar-refractivity contribution in [2.45, 2.75) is 57.4 Å². The van der Waals surface area contributed by atoms with E-state index in [-0.39, 0.29) is 0 Å². The van der Waals surface area contributed by atoms with Crippen LogP contribution in [0.2, 0.25) is 0 Å². The van der Waals surface area contributed by atoms with E-state index in [1.54, 1.807) is 0 Å². The Morgan fingerprint density at radius 3 is 2.35 bits per heavy atom. The first kappa shape index (κ1) is 14.8. The Bertz CT molecular complexity index is 285. The van der Waals surface area contributed by atoms with E-state index in [0.29, 0.717) is 5.54 Å². The predicted octanol–water partition coefficient (Wildman–Crippen LogP) is 2.33. The molecule has 0 radical (unpaired) electrons. The van der Waals surface area contributed by atoms with Crippen molar-refractivity contribution in [1.29, 1.82) is 0 Å². The summed E-state index contributed by atoms with van der Waals surface area (Å²) in [7, 11) is 0. The van der Waals surface area contributed by atoms with Crippen molar-refractivity contribution in [3.63, 3.8) is 0 Å². The Kier molecular flexibility index (Phi) is 5.00. The van der Waals surface area contributed by atoms with Crippen molar-refractivity contribution >= 4 is 0 Å². The minimum Gasteiger partial charge on any atom is -0.310 e. The zero-order chi connectivity index (χ0) is 13.8. The van der Waals surface area contributed by atoms with Gasteiger partial charge in [0.2, 0.25) is 0 Å². The van der Waals surface area contributed by atoms with Crippen LogP contribution in [0.25, 0.3) is 0 Å². The number of nitrogens with one attached hydrogen (secondary N) is 1. The fraction of sp³-hybridized carbons (Fsp3) is 1.00. The summed E-state index contributed by atoms with van der Waals surface area (Å²) in [6, 6.07) is 0. The van der Waals surface area contributed by atoms with Gasteiger partial charge in [0.25, 0.3) is 0 Å². The molecule has 1 N–H and O–H groups in total. The minimum absolute atomic E-state index is 0.389. The molecule has 0 bridgehead atoms. The van der Waals surface area contributed by atoms with Crippen LogP contribution in [-0.2, 0) is 0 Å². The van der Waals surface area contributed by atoms with Crippen molar-refractivity contribution in [3.8, 4) is 0 Å². The van der Waals surface area contributed by atoms with Crippen LogP contribution < -0.4 is 5.32 Å². The lowest BCUT2D eigenvalue weighted by molar-refractivity contribution is 0.111. The molecule has 3 aliphatic rings. The predicted molar refractivity (Wildman–Crippen MR) is 85.1 cm³/mol. The lowest BCUT2D eigenvalue weighted by Gasteiger charge is -2.42. The third-order valence-corrected chi connectivity index (χ3v) is 5.70. The van der Waals surface area contributed by atoms with Gasteiger partial charge < -0.3 is 15.1 Å². The van der Waals surface area contributed by atoms with Crippen LogP contribution in [0, 0.1) is 5.92 Å². The van der Waals surface area contributed by atoms with Crippen molar-refractivity contribution in [2.24, 2.45) is 5.92 Å². The molecule has 20 heavy (non-hydrogen) atoms. The molecule has 0 aromatic heterocycles. The molecule has 3 fully saturated rings. The van der Waals surface area contributed by atoms with Gasteiger partial charge in [-0.05, 0) is 84.1 Å². The molecule has 1 unspecified atom stereocenters. The number of hydrogen-bond donors (Lipinski definition) is 1. The number of rotatable bonds is 4. The van der Waals surface area contributed by atoms with Gasteiger partial charge in [0.15, 0.2) is 0 Å². The summed E-state index contributed by atoms with van der Waals surface area (Å²) in [5.41, 5.74) is 0.389.